The lowest BCUT2D eigenvalue weighted by Gasteiger charge is -2.28. The van der Waals surface area contributed by atoms with E-state index in [9.17, 15) is 13.2 Å². The summed E-state index contributed by atoms with van der Waals surface area (Å²) in [5, 5.41) is 9.11. The van der Waals surface area contributed by atoms with Gasteiger partial charge in [-0.2, -0.15) is 0 Å². The van der Waals surface area contributed by atoms with Crippen molar-refractivity contribution >= 4 is 38.7 Å². The molecular weight excluding hydrogens is 408 g/mol. The van der Waals surface area contributed by atoms with Gasteiger partial charge in [0.15, 0.2) is 5.16 Å². The van der Waals surface area contributed by atoms with Gasteiger partial charge in [0.05, 0.1) is 21.7 Å². The monoisotopic (exact) mass is 436 g/mol. The van der Waals surface area contributed by atoms with Gasteiger partial charge in [-0.05, 0) is 69.1 Å². The summed E-state index contributed by atoms with van der Waals surface area (Å²) < 4.78 is 25.2. The van der Waals surface area contributed by atoms with E-state index in [0.29, 0.717) is 23.1 Å². The van der Waals surface area contributed by atoms with Crippen molar-refractivity contribution in [1.82, 2.24) is 14.9 Å². The number of thioether (sulfide) groups is 1. The molecule has 0 aliphatic heterocycles. The number of fused-ring (bicyclic) bond motifs is 3. The summed E-state index contributed by atoms with van der Waals surface area (Å²) >= 11 is 1.38. The maximum atomic E-state index is 12.5. The highest BCUT2D eigenvalue weighted by atomic mass is 32.2. The van der Waals surface area contributed by atoms with Crippen molar-refractivity contribution in [1.29, 1.82) is 0 Å². The third-order valence-corrected chi connectivity index (χ3v) is 8.37. The molecule has 3 N–H and O–H groups in total. The number of nitrogens with two attached hydrogens (primary N) is 1. The SMILES string of the molecule is CCn1c(SCC(=O)N[C@H](C)[C@@H]2C[C@H]3CC[C@H]2C3)nc2cc(S(N)(=O)=O)ccc21. The Kier molecular flexibility index (Phi) is 5.65. The van der Waals surface area contributed by atoms with Crippen LogP contribution in [0, 0.1) is 17.8 Å². The molecule has 2 aliphatic rings. The summed E-state index contributed by atoms with van der Waals surface area (Å²) in [5.41, 5.74) is 1.40. The third kappa shape index (κ3) is 4.18. The van der Waals surface area contributed by atoms with Crippen molar-refractivity contribution in [2.45, 2.75) is 62.2 Å². The van der Waals surface area contributed by atoms with Crippen LogP contribution in [-0.4, -0.2) is 35.7 Å². The molecule has 2 saturated carbocycles. The lowest BCUT2D eigenvalue weighted by molar-refractivity contribution is -0.119. The molecule has 1 heterocycles. The fourth-order valence-corrected chi connectivity index (χ4v) is 6.54. The third-order valence-electron chi connectivity index (χ3n) is 6.49. The Morgan fingerprint density at radius 1 is 1.38 bits per heavy atom. The van der Waals surface area contributed by atoms with Crippen LogP contribution in [0.4, 0.5) is 0 Å². The van der Waals surface area contributed by atoms with Gasteiger partial charge in [-0.25, -0.2) is 18.5 Å². The van der Waals surface area contributed by atoms with Gasteiger partial charge in [-0.3, -0.25) is 4.79 Å². The summed E-state index contributed by atoms with van der Waals surface area (Å²) in [6, 6.07) is 4.90. The van der Waals surface area contributed by atoms with E-state index in [1.165, 1.54) is 49.6 Å². The van der Waals surface area contributed by atoms with Crippen LogP contribution in [-0.2, 0) is 21.4 Å². The number of aromatic nitrogens is 2. The van der Waals surface area contributed by atoms with Gasteiger partial charge in [0, 0.05) is 12.6 Å². The second kappa shape index (κ2) is 7.92. The van der Waals surface area contributed by atoms with E-state index < -0.39 is 10.0 Å². The summed E-state index contributed by atoms with van der Waals surface area (Å²) in [6.45, 7) is 4.80. The van der Waals surface area contributed by atoms with Crippen LogP contribution < -0.4 is 10.5 Å². The van der Waals surface area contributed by atoms with E-state index in [1.807, 2.05) is 11.5 Å². The highest BCUT2D eigenvalue weighted by Gasteiger charge is 2.42. The standard InChI is InChI=1S/C20H28N4O3S2/c1-3-24-18-7-6-15(29(21,26)27)10-17(18)23-20(24)28-11-19(25)22-12(2)16-9-13-4-5-14(16)8-13/h6-7,10,12-14,16H,3-5,8-9,11H2,1-2H3,(H,22,25)(H2,21,26,27)/t12-,13+,14+,16+/m1/s1. The molecule has 1 amide bonds. The van der Waals surface area contributed by atoms with Crippen LogP contribution in [0.15, 0.2) is 28.3 Å². The van der Waals surface area contributed by atoms with E-state index in [4.69, 9.17) is 5.14 Å². The normalized spacial score (nSPS) is 24.9. The minimum Gasteiger partial charge on any atom is -0.353 e. The van der Waals surface area contributed by atoms with Crippen molar-refractivity contribution in [3.63, 3.8) is 0 Å². The second-order valence-electron chi connectivity index (χ2n) is 8.32. The molecule has 1 aromatic carbocycles. The summed E-state index contributed by atoms with van der Waals surface area (Å²) in [5.74, 6) is 2.56. The largest absolute Gasteiger partial charge is 0.353 e. The zero-order valence-electron chi connectivity index (χ0n) is 16.8. The first kappa shape index (κ1) is 20.7. The zero-order valence-corrected chi connectivity index (χ0v) is 18.4. The van der Waals surface area contributed by atoms with Crippen molar-refractivity contribution in [2.24, 2.45) is 22.9 Å². The number of nitrogens with one attached hydrogen (secondary N) is 1. The van der Waals surface area contributed by atoms with Crippen molar-refractivity contribution in [3.8, 4) is 0 Å². The minimum atomic E-state index is -3.78. The molecule has 9 heteroatoms. The molecule has 0 spiro atoms. The van der Waals surface area contributed by atoms with E-state index in [2.05, 4.69) is 17.2 Å². The smallest absolute Gasteiger partial charge is 0.238 e. The lowest BCUT2D eigenvalue weighted by atomic mass is 9.84. The Morgan fingerprint density at radius 2 is 2.17 bits per heavy atom. The summed E-state index contributed by atoms with van der Waals surface area (Å²) in [7, 11) is -3.78. The quantitative estimate of drug-likeness (QED) is 0.649. The number of primary sulfonamides is 1. The van der Waals surface area contributed by atoms with E-state index >= 15 is 0 Å². The average molecular weight is 437 g/mol. The number of hydrogen-bond acceptors (Lipinski definition) is 5. The fraction of sp³-hybridized carbons (Fsp3) is 0.600. The van der Waals surface area contributed by atoms with Crippen molar-refractivity contribution in [3.05, 3.63) is 18.2 Å². The number of nitrogens with zero attached hydrogens (tertiary/aromatic N) is 2. The number of sulfonamides is 1. The molecule has 4 atom stereocenters. The summed E-state index contributed by atoms with van der Waals surface area (Å²) in [6.07, 6.45) is 5.25. The molecule has 0 unspecified atom stereocenters. The van der Waals surface area contributed by atoms with Crippen LogP contribution >= 0.6 is 11.8 Å². The van der Waals surface area contributed by atoms with Crippen LogP contribution in [0.3, 0.4) is 0 Å². The number of hydrogen-bond donors (Lipinski definition) is 2. The number of amides is 1. The van der Waals surface area contributed by atoms with Gasteiger partial charge in [-0.15, -0.1) is 0 Å². The molecule has 7 nitrogen and oxygen atoms in total. The van der Waals surface area contributed by atoms with E-state index in [0.717, 1.165) is 17.4 Å². The molecule has 0 radical (unpaired) electrons. The average Bonchev–Trinajstić information content (AvgIpc) is 3.38. The summed E-state index contributed by atoms with van der Waals surface area (Å²) in [4.78, 5) is 17.1. The first-order valence-corrected chi connectivity index (χ1v) is 12.7. The Labute approximate surface area is 175 Å². The van der Waals surface area contributed by atoms with Gasteiger partial charge in [-0.1, -0.05) is 18.2 Å². The van der Waals surface area contributed by atoms with Crippen molar-refractivity contribution in [2.75, 3.05) is 5.75 Å². The van der Waals surface area contributed by atoms with E-state index in [1.54, 1.807) is 6.07 Å². The number of carbonyl (C=O) groups is 1. The Bertz CT molecular complexity index is 1030. The van der Waals surface area contributed by atoms with Crippen LogP contribution in [0.1, 0.15) is 39.5 Å². The second-order valence-corrected chi connectivity index (χ2v) is 10.8. The number of imidazole rings is 1. The molecular formula is C20H28N4O3S2. The van der Waals surface area contributed by atoms with E-state index in [-0.39, 0.29) is 22.6 Å². The molecule has 2 bridgehead atoms. The fourth-order valence-electron chi connectivity index (χ4n) is 5.12. The molecule has 4 rings (SSSR count). The molecule has 158 valence electrons. The van der Waals surface area contributed by atoms with Gasteiger partial charge in [0.2, 0.25) is 15.9 Å². The molecule has 2 aromatic rings. The molecule has 1 aromatic heterocycles. The number of aryl methyl sites for hydroxylation is 1. The molecule has 2 aliphatic carbocycles. The maximum Gasteiger partial charge on any atom is 0.238 e. The van der Waals surface area contributed by atoms with Crippen molar-refractivity contribution < 1.29 is 13.2 Å². The molecule has 0 saturated heterocycles. The van der Waals surface area contributed by atoms with Crippen LogP contribution in [0.25, 0.3) is 11.0 Å². The number of rotatable bonds is 7. The lowest BCUT2D eigenvalue weighted by Crippen LogP contribution is -2.40. The molecule has 29 heavy (non-hydrogen) atoms. The number of benzene rings is 1. The van der Waals surface area contributed by atoms with Crippen LogP contribution in [0.2, 0.25) is 0 Å². The van der Waals surface area contributed by atoms with Gasteiger partial charge in [0.25, 0.3) is 0 Å². The maximum absolute atomic E-state index is 12.5. The van der Waals surface area contributed by atoms with Crippen LogP contribution in [0.5, 0.6) is 0 Å². The van der Waals surface area contributed by atoms with Gasteiger partial charge in [0.1, 0.15) is 0 Å². The topological polar surface area (TPSA) is 107 Å². The Morgan fingerprint density at radius 3 is 2.79 bits per heavy atom. The van der Waals surface area contributed by atoms with Gasteiger partial charge >= 0.3 is 0 Å². The highest BCUT2D eigenvalue weighted by Crippen LogP contribution is 2.49. The highest BCUT2D eigenvalue weighted by molar-refractivity contribution is 7.99. The predicted molar refractivity (Wildman–Crippen MR) is 114 cm³/mol. The Hall–Kier alpha value is -1.58. The molecule has 2 fully saturated rings. The first-order chi connectivity index (χ1) is 13.8. The minimum absolute atomic E-state index is 0.0187. The number of carbonyl (C=O) groups excluding carboxylic acids is 1. The first-order valence-electron chi connectivity index (χ1n) is 10.2. The predicted octanol–water partition coefficient (Wildman–Crippen LogP) is 2.74. The zero-order chi connectivity index (χ0) is 20.8. The van der Waals surface area contributed by atoms with Gasteiger partial charge < -0.3 is 9.88 Å². The Balaban J connectivity index is 1.42.